The number of methoxy groups -OCH3 is 4. The van der Waals surface area contributed by atoms with E-state index in [4.69, 9.17) is 46.7 Å². The van der Waals surface area contributed by atoms with Gasteiger partial charge in [-0.3, -0.25) is 4.79 Å². The van der Waals surface area contributed by atoms with E-state index in [0.29, 0.717) is 6.29 Å². The Morgan fingerprint density at radius 1 is 0.545 bits per heavy atom. The second kappa shape index (κ2) is 19.5. The van der Waals surface area contributed by atoms with E-state index in [1.165, 1.54) is 28.4 Å². The van der Waals surface area contributed by atoms with Gasteiger partial charge in [-0.15, -0.1) is 0 Å². The van der Waals surface area contributed by atoms with Crippen molar-refractivity contribution in [3.8, 4) is 0 Å². The van der Waals surface area contributed by atoms with E-state index in [9.17, 15) is 9.90 Å². The normalized spacial score (nSPS) is 30.4. The first-order valence-corrected chi connectivity index (χ1v) is 26.5. The minimum atomic E-state index is -3.28. The van der Waals surface area contributed by atoms with Gasteiger partial charge in [-0.05, 0) is 58.5 Å². The van der Waals surface area contributed by atoms with Gasteiger partial charge in [0.25, 0.3) is 16.6 Å². The highest BCUT2D eigenvalue weighted by Gasteiger charge is 2.69. The summed E-state index contributed by atoms with van der Waals surface area (Å²) >= 11 is 0. The van der Waals surface area contributed by atoms with Crippen LogP contribution in [0, 0.1) is 0 Å². The number of aliphatic hydroxyl groups is 1. The summed E-state index contributed by atoms with van der Waals surface area (Å²) in [6.07, 6.45) is -5.10. The standard InChI is InChI=1S/C52H72O12Si2/c1-46(2,3)65(38-27-19-15-20-28-38,39-29-21-16-22-30-39)59-35-42-44(63-49(8,56-12)48(7,55-11)61-42)45(54)52(37-53)43(62-50(9,57-13)51(10,58-14)64-52)36-60-66(47(4,5)6,40-31-23-17-24-32-40)41-33-25-18-26-34-41/h15-34,37,42-45,54H,35-36H2,1-14H3/t42-,43-,44+,45?,48+,49+,50+,51+,52-/m0/s1. The van der Waals surface area contributed by atoms with Crippen molar-refractivity contribution in [1.29, 1.82) is 0 Å². The summed E-state index contributed by atoms with van der Waals surface area (Å²) in [4.78, 5) is 14.4. The van der Waals surface area contributed by atoms with Gasteiger partial charge in [0.05, 0.1) is 13.2 Å². The fourth-order valence-corrected chi connectivity index (χ4v) is 19.1. The lowest BCUT2D eigenvalue weighted by atomic mass is 9.82. The number of carbonyl (C=O) groups excluding carboxylic acids is 1. The highest BCUT2D eigenvalue weighted by molar-refractivity contribution is 7.00. The molecule has 6 rings (SSSR count). The molecule has 0 aliphatic carbocycles. The third-order valence-corrected chi connectivity index (χ3v) is 24.3. The van der Waals surface area contributed by atoms with Crippen molar-refractivity contribution < 1.29 is 56.6 Å². The Hall–Kier alpha value is -3.46. The van der Waals surface area contributed by atoms with E-state index in [1.807, 2.05) is 72.8 Å². The van der Waals surface area contributed by atoms with Crippen LogP contribution in [-0.2, 0) is 51.5 Å². The fourth-order valence-electron chi connectivity index (χ4n) is 9.97. The van der Waals surface area contributed by atoms with Gasteiger partial charge in [-0.25, -0.2) is 0 Å². The molecule has 12 nitrogen and oxygen atoms in total. The third-order valence-electron chi connectivity index (χ3n) is 14.3. The van der Waals surface area contributed by atoms with Gasteiger partial charge in [0.2, 0.25) is 23.1 Å². The molecule has 1 unspecified atom stereocenters. The summed E-state index contributed by atoms with van der Waals surface area (Å²) in [6.45, 7) is 19.3. The predicted octanol–water partition coefficient (Wildman–Crippen LogP) is 6.09. The molecule has 2 saturated heterocycles. The Balaban J connectivity index is 1.52. The summed E-state index contributed by atoms with van der Waals surface area (Å²) < 4.78 is 66.8. The zero-order valence-corrected chi connectivity index (χ0v) is 43.3. The number of benzene rings is 4. The van der Waals surface area contributed by atoms with Crippen LogP contribution in [0.5, 0.6) is 0 Å². The molecular formula is C52H72O12Si2. The number of aldehydes is 1. The van der Waals surface area contributed by atoms with Crippen LogP contribution in [0.25, 0.3) is 0 Å². The highest BCUT2D eigenvalue weighted by atomic mass is 28.4. The van der Waals surface area contributed by atoms with E-state index in [2.05, 4.69) is 90.1 Å². The maximum absolute atomic E-state index is 14.4. The average Bonchev–Trinajstić information content (AvgIpc) is 3.31. The van der Waals surface area contributed by atoms with Crippen LogP contribution in [0.4, 0.5) is 0 Å². The van der Waals surface area contributed by atoms with Crippen LogP contribution in [0.2, 0.25) is 10.1 Å². The van der Waals surface area contributed by atoms with Gasteiger partial charge in [-0.1, -0.05) is 163 Å². The first-order valence-electron chi connectivity index (χ1n) is 22.6. The summed E-state index contributed by atoms with van der Waals surface area (Å²) in [7, 11) is -0.639. The average molecular weight is 945 g/mol. The van der Waals surface area contributed by atoms with Crippen molar-refractivity contribution in [2.45, 2.75) is 132 Å². The molecule has 0 aromatic heterocycles. The molecule has 0 spiro atoms. The van der Waals surface area contributed by atoms with Crippen molar-refractivity contribution in [3.05, 3.63) is 121 Å². The topological polar surface area (TPSA) is 130 Å². The molecule has 14 heteroatoms. The second-order valence-corrected chi connectivity index (χ2v) is 28.5. The third kappa shape index (κ3) is 8.76. The molecule has 2 aliphatic heterocycles. The van der Waals surface area contributed by atoms with Crippen LogP contribution in [0.1, 0.15) is 69.2 Å². The van der Waals surface area contributed by atoms with Crippen molar-refractivity contribution >= 4 is 43.7 Å². The molecule has 2 heterocycles. The Kier molecular flexibility index (Phi) is 15.3. The lowest BCUT2D eigenvalue weighted by Crippen LogP contribution is -2.78. The molecule has 0 radical (unpaired) electrons. The predicted molar refractivity (Wildman–Crippen MR) is 259 cm³/mol. The van der Waals surface area contributed by atoms with Crippen molar-refractivity contribution in [2.75, 3.05) is 41.7 Å². The molecule has 0 saturated carbocycles. The molecule has 1 N–H and O–H groups in total. The molecule has 4 aromatic carbocycles. The maximum Gasteiger partial charge on any atom is 0.261 e. The van der Waals surface area contributed by atoms with Crippen molar-refractivity contribution in [1.82, 2.24) is 0 Å². The fraction of sp³-hybridized carbons (Fsp3) is 0.519. The minimum Gasteiger partial charge on any atom is -0.405 e. The maximum atomic E-state index is 14.4. The second-order valence-electron chi connectivity index (χ2n) is 19.9. The van der Waals surface area contributed by atoms with Crippen LogP contribution in [-0.4, -0.2) is 123 Å². The number of aliphatic hydroxyl groups excluding tert-OH is 1. The van der Waals surface area contributed by atoms with E-state index >= 15 is 0 Å². The Labute approximate surface area is 394 Å². The molecule has 2 fully saturated rings. The summed E-state index contributed by atoms with van der Waals surface area (Å²) in [5.74, 6) is -6.54. The van der Waals surface area contributed by atoms with Gasteiger partial charge in [0, 0.05) is 28.4 Å². The smallest absolute Gasteiger partial charge is 0.261 e. The first kappa shape index (κ1) is 51.9. The van der Waals surface area contributed by atoms with Gasteiger partial charge in [-0.2, -0.15) is 0 Å². The number of carbonyl (C=O) groups is 1. The van der Waals surface area contributed by atoms with Gasteiger partial charge in [0.1, 0.15) is 24.4 Å². The van der Waals surface area contributed by atoms with E-state index in [1.54, 1.807) is 27.7 Å². The van der Waals surface area contributed by atoms with E-state index < -0.39 is 79.9 Å². The van der Waals surface area contributed by atoms with Crippen LogP contribution >= 0.6 is 0 Å². The Morgan fingerprint density at radius 2 is 0.879 bits per heavy atom. The Bertz CT molecular complexity index is 2110. The molecule has 0 bridgehead atoms. The van der Waals surface area contributed by atoms with Crippen molar-refractivity contribution in [3.63, 3.8) is 0 Å². The number of ether oxygens (including phenoxy) is 8. The lowest BCUT2D eigenvalue weighted by molar-refractivity contribution is -0.486. The first-order chi connectivity index (χ1) is 31.1. The largest absolute Gasteiger partial charge is 0.405 e. The molecule has 66 heavy (non-hydrogen) atoms. The molecule has 360 valence electrons. The van der Waals surface area contributed by atoms with Gasteiger partial charge >= 0.3 is 0 Å². The zero-order valence-electron chi connectivity index (χ0n) is 41.3. The van der Waals surface area contributed by atoms with Crippen LogP contribution in [0.15, 0.2) is 121 Å². The molecule has 0 amide bonds. The van der Waals surface area contributed by atoms with Crippen LogP contribution in [0.3, 0.4) is 0 Å². The highest BCUT2D eigenvalue weighted by Crippen LogP contribution is 2.49. The minimum absolute atomic E-state index is 0.107. The molecule has 4 aromatic rings. The zero-order chi connectivity index (χ0) is 48.5. The summed E-state index contributed by atoms with van der Waals surface area (Å²) in [5.41, 5.74) is -2.26. The van der Waals surface area contributed by atoms with Gasteiger partial charge < -0.3 is 51.9 Å². The van der Waals surface area contributed by atoms with Crippen molar-refractivity contribution in [2.24, 2.45) is 0 Å². The number of hydrogen-bond acceptors (Lipinski definition) is 12. The quantitative estimate of drug-likeness (QED) is 0.0973. The molecule has 2 aliphatic rings. The van der Waals surface area contributed by atoms with Crippen LogP contribution < -0.4 is 20.7 Å². The SMILES string of the molecule is CO[C@]1(C)O[C@@H](CO[Si](c2ccccc2)(c2ccccc2)C(C)(C)C)[C@H](C(O)[C@@]2(C=O)O[C@@](C)(OC)[C@](C)(OC)O[C@H]2CO[Si](c2ccccc2)(c2ccccc2)C(C)(C)C)O[C@@]1(C)OC. The van der Waals surface area contributed by atoms with Gasteiger partial charge in [0.15, 0.2) is 11.9 Å². The Morgan fingerprint density at radius 3 is 1.21 bits per heavy atom. The summed E-state index contributed by atoms with van der Waals surface area (Å²) in [6, 6.07) is 40.6. The monoisotopic (exact) mass is 944 g/mol. The lowest BCUT2D eigenvalue weighted by Gasteiger charge is -2.59. The number of hydrogen-bond donors (Lipinski definition) is 1. The van der Waals surface area contributed by atoms with E-state index in [-0.39, 0.29) is 13.2 Å². The molecule has 9 atom stereocenters. The summed E-state index contributed by atoms with van der Waals surface area (Å²) in [5, 5.41) is 16.6. The number of rotatable bonds is 17. The molecular weight excluding hydrogens is 873 g/mol. The van der Waals surface area contributed by atoms with E-state index in [0.717, 1.165) is 20.7 Å².